The molecule has 0 aromatic carbocycles. The first-order valence-electron chi connectivity index (χ1n) is 5.13. The summed E-state index contributed by atoms with van der Waals surface area (Å²) in [6.07, 6.45) is 16.5. The third-order valence-corrected chi connectivity index (χ3v) is 2.43. The molecule has 2 aliphatic rings. The van der Waals surface area contributed by atoms with Crippen LogP contribution in [0.5, 0.6) is 0 Å². The summed E-state index contributed by atoms with van der Waals surface area (Å²) >= 11 is 0. The van der Waals surface area contributed by atoms with Crippen molar-refractivity contribution in [1.82, 2.24) is 0 Å². The lowest BCUT2D eigenvalue weighted by Crippen LogP contribution is -2.68. The van der Waals surface area contributed by atoms with Gasteiger partial charge in [-0.1, -0.05) is 12.2 Å². The summed E-state index contributed by atoms with van der Waals surface area (Å²) in [6.45, 7) is 2.21. The monoisotopic (exact) mass is 256 g/mol. The van der Waals surface area contributed by atoms with Crippen LogP contribution in [0.15, 0.2) is 48.1 Å². The van der Waals surface area contributed by atoms with Crippen LogP contribution in [-0.2, 0) is 0 Å². The molecule has 0 aromatic heterocycles. The SMILES string of the molecule is CC[C+]1C=CC2C=CC=CC=C12.[O-][Cl+3]([O-])([O-])[O-]. The van der Waals surface area contributed by atoms with Crippen molar-refractivity contribution in [2.45, 2.75) is 13.3 Å². The molecule has 1 unspecified atom stereocenters. The molecule has 0 saturated carbocycles. The van der Waals surface area contributed by atoms with Gasteiger partial charge in [0.15, 0.2) is 0 Å². The molecule has 92 valence electrons. The number of hydrogen-bond acceptors (Lipinski definition) is 4. The van der Waals surface area contributed by atoms with Crippen LogP contribution >= 0.6 is 0 Å². The second-order valence-electron chi connectivity index (χ2n) is 3.53. The Balaban J connectivity index is 0.000000249. The molecule has 4 nitrogen and oxygen atoms in total. The molecular weight excluding hydrogens is 244 g/mol. The summed E-state index contributed by atoms with van der Waals surface area (Å²) in [4.78, 5) is 0. The van der Waals surface area contributed by atoms with Crippen LogP contribution in [0.1, 0.15) is 13.3 Å². The Hall–Kier alpha value is -1.04. The maximum Gasteiger partial charge on any atom is 0.0896 e. The van der Waals surface area contributed by atoms with Gasteiger partial charge in [0, 0.05) is 24.6 Å². The van der Waals surface area contributed by atoms with E-state index in [1.165, 1.54) is 11.5 Å². The molecule has 17 heavy (non-hydrogen) atoms. The van der Waals surface area contributed by atoms with Crippen molar-refractivity contribution < 1.29 is 28.9 Å². The highest BCUT2D eigenvalue weighted by atomic mass is 35.7. The second kappa shape index (κ2) is 6.05. The van der Waals surface area contributed by atoms with Crippen molar-refractivity contribution in [2.24, 2.45) is 5.92 Å². The Morgan fingerprint density at radius 3 is 2.35 bits per heavy atom. The molecule has 0 radical (unpaired) electrons. The van der Waals surface area contributed by atoms with Crippen molar-refractivity contribution in [1.29, 1.82) is 0 Å². The van der Waals surface area contributed by atoms with E-state index in [1.807, 2.05) is 0 Å². The molecule has 5 heteroatoms. The number of hydrogen-bond donors (Lipinski definition) is 0. The van der Waals surface area contributed by atoms with Gasteiger partial charge >= 0.3 is 0 Å². The fraction of sp³-hybridized carbons (Fsp3) is 0.250. The fourth-order valence-electron chi connectivity index (χ4n) is 1.75. The van der Waals surface area contributed by atoms with Gasteiger partial charge in [-0.25, -0.2) is 18.6 Å². The van der Waals surface area contributed by atoms with Gasteiger partial charge in [0.05, 0.1) is 17.4 Å². The first-order chi connectivity index (χ1) is 7.92. The molecule has 2 rings (SSSR count). The van der Waals surface area contributed by atoms with Crippen molar-refractivity contribution in [3.05, 3.63) is 54.0 Å². The lowest BCUT2D eigenvalue weighted by Gasteiger charge is -2.17. The minimum Gasteiger partial charge on any atom is -0.222 e. The first kappa shape index (κ1) is 14.0. The zero-order chi connectivity index (χ0) is 12.9. The average molecular weight is 257 g/mol. The predicted octanol–water partition coefficient (Wildman–Crippen LogP) is -1.55. The Morgan fingerprint density at radius 2 is 1.76 bits per heavy atom. The summed E-state index contributed by atoms with van der Waals surface area (Å²) in [5.41, 5.74) is 1.47. The molecular formula is C12H13ClO4. The zero-order valence-electron chi connectivity index (χ0n) is 9.34. The Bertz CT molecular complexity index is 357. The van der Waals surface area contributed by atoms with Gasteiger partial charge in [-0.05, 0) is 19.1 Å². The van der Waals surface area contributed by atoms with Gasteiger partial charge < -0.3 is 0 Å². The van der Waals surface area contributed by atoms with Crippen molar-refractivity contribution in [3.63, 3.8) is 0 Å². The molecule has 0 fully saturated rings. The summed E-state index contributed by atoms with van der Waals surface area (Å²) < 4.78 is 34.0. The van der Waals surface area contributed by atoms with Crippen LogP contribution in [0, 0.1) is 22.1 Å². The van der Waals surface area contributed by atoms with Crippen LogP contribution in [0.2, 0.25) is 0 Å². The molecule has 2 aliphatic carbocycles. The van der Waals surface area contributed by atoms with Crippen molar-refractivity contribution in [3.8, 4) is 0 Å². The smallest absolute Gasteiger partial charge is 0.0896 e. The number of rotatable bonds is 1. The summed E-state index contributed by atoms with van der Waals surface area (Å²) in [7, 11) is -4.94. The molecule has 0 N–H and O–H groups in total. The van der Waals surface area contributed by atoms with E-state index in [0.29, 0.717) is 5.92 Å². The van der Waals surface area contributed by atoms with Crippen LogP contribution in [0.4, 0.5) is 0 Å². The lowest BCUT2D eigenvalue weighted by molar-refractivity contribution is -2.00. The van der Waals surface area contributed by atoms with Gasteiger partial charge in [-0.15, -0.1) is 10.2 Å². The normalized spacial score (nSPS) is 21.6. The highest BCUT2D eigenvalue weighted by molar-refractivity contribution is 5.48. The molecule has 0 bridgehead atoms. The Kier molecular flexibility index (Phi) is 4.99. The van der Waals surface area contributed by atoms with Gasteiger partial charge in [0.2, 0.25) is 0 Å². The highest BCUT2D eigenvalue weighted by Crippen LogP contribution is 2.35. The second-order valence-corrected chi connectivity index (χ2v) is 4.29. The van der Waals surface area contributed by atoms with E-state index < -0.39 is 10.2 Å². The topological polar surface area (TPSA) is 92.2 Å². The van der Waals surface area contributed by atoms with Crippen molar-refractivity contribution >= 4 is 0 Å². The molecule has 0 aliphatic heterocycles. The van der Waals surface area contributed by atoms with Crippen LogP contribution < -0.4 is 18.6 Å². The fourth-order valence-corrected chi connectivity index (χ4v) is 1.75. The molecule has 0 aromatic rings. The minimum atomic E-state index is -4.94. The average Bonchev–Trinajstić information content (AvgIpc) is 2.43. The summed E-state index contributed by atoms with van der Waals surface area (Å²) in [6, 6.07) is 0. The van der Waals surface area contributed by atoms with E-state index in [-0.39, 0.29) is 0 Å². The molecule has 0 amide bonds. The lowest BCUT2D eigenvalue weighted by atomic mass is 9.93. The van der Waals surface area contributed by atoms with Crippen molar-refractivity contribution in [2.75, 3.05) is 0 Å². The Morgan fingerprint density at radius 1 is 1.12 bits per heavy atom. The summed E-state index contributed by atoms with van der Waals surface area (Å²) in [5.74, 6) is 2.02. The number of fused-ring (bicyclic) bond motifs is 1. The van der Waals surface area contributed by atoms with Gasteiger partial charge in [-0.3, -0.25) is 0 Å². The largest absolute Gasteiger partial charge is 0.222 e. The van der Waals surface area contributed by atoms with E-state index in [9.17, 15) is 0 Å². The third-order valence-electron chi connectivity index (χ3n) is 2.43. The first-order valence-corrected chi connectivity index (χ1v) is 6.36. The van der Waals surface area contributed by atoms with E-state index in [2.05, 4.69) is 49.5 Å². The third kappa shape index (κ3) is 5.21. The van der Waals surface area contributed by atoms with Crippen LogP contribution in [0.25, 0.3) is 0 Å². The van der Waals surface area contributed by atoms with Gasteiger partial charge in [0.1, 0.15) is 0 Å². The predicted molar refractivity (Wildman–Crippen MR) is 52.5 cm³/mol. The number of allylic oxidation sites excluding steroid dienone is 8. The number of halogens is 1. The highest BCUT2D eigenvalue weighted by Gasteiger charge is 2.29. The molecule has 1 atom stereocenters. The van der Waals surface area contributed by atoms with E-state index in [4.69, 9.17) is 18.6 Å². The quantitative estimate of drug-likeness (QED) is 0.531. The maximum atomic E-state index is 8.49. The molecule has 0 heterocycles. The summed E-state index contributed by atoms with van der Waals surface area (Å²) in [5, 5.41) is 0. The Labute approximate surface area is 103 Å². The standard InChI is InChI=1S/C12H13.ClHO4/c1-2-10-8-9-11-6-4-3-5-7-12(10)11;2-1(3,4)5/h3-9,11H,2H2,1H3;(H,2,3,4,5)/q+1;/p-1. The van der Waals surface area contributed by atoms with Crippen LogP contribution in [-0.4, -0.2) is 0 Å². The molecule has 0 spiro atoms. The van der Waals surface area contributed by atoms with E-state index >= 15 is 0 Å². The van der Waals surface area contributed by atoms with Crippen LogP contribution in [0.3, 0.4) is 0 Å². The van der Waals surface area contributed by atoms with E-state index in [1.54, 1.807) is 0 Å². The van der Waals surface area contributed by atoms with Gasteiger partial charge in [0.25, 0.3) is 0 Å². The van der Waals surface area contributed by atoms with E-state index in [0.717, 1.165) is 6.42 Å². The maximum absolute atomic E-state index is 8.49. The minimum absolute atomic E-state index is 0.537. The van der Waals surface area contributed by atoms with Gasteiger partial charge in [-0.2, -0.15) is 0 Å². The zero-order valence-corrected chi connectivity index (χ0v) is 10.1. The molecule has 0 saturated heterocycles.